The molecule has 0 bridgehead atoms. The van der Waals surface area contributed by atoms with Gasteiger partial charge in [0.25, 0.3) is 5.91 Å². The first-order valence-corrected chi connectivity index (χ1v) is 7.94. The van der Waals surface area contributed by atoms with Gasteiger partial charge in [0.15, 0.2) is 0 Å². The van der Waals surface area contributed by atoms with E-state index in [2.05, 4.69) is 11.0 Å². The van der Waals surface area contributed by atoms with Crippen LogP contribution in [0.4, 0.5) is 5.69 Å². The van der Waals surface area contributed by atoms with Gasteiger partial charge in [0.05, 0.1) is 0 Å². The molecule has 1 aromatic rings. The van der Waals surface area contributed by atoms with Crippen LogP contribution in [0.5, 0.6) is 0 Å². The Labute approximate surface area is 130 Å². The summed E-state index contributed by atoms with van der Waals surface area (Å²) >= 11 is 6.19. The third-order valence-corrected chi connectivity index (χ3v) is 4.72. The summed E-state index contributed by atoms with van der Waals surface area (Å²) in [4.78, 5) is 16.5. The summed E-state index contributed by atoms with van der Waals surface area (Å²) in [5, 5.41) is 0.797. The molecule has 2 aliphatic rings. The minimum atomic E-state index is -0.203. The Morgan fingerprint density at radius 2 is 2.05 bits per heavy atom. The van der Waals surface area contributed by atoms with Gasteiger partial charge in [-0.1, -0.05) is 17.7 Å². The van der Waals surface area contributed by atoms with Crippen molar-refractivity contribution in [1.82, 2.24) is 4.90 Å². The van der Waals surface area contributed by atoms with Crippen LogP contribution in [0.1, 0.15) is 18.4 Å². The molecule has 0 saturated carbocycles. The number of benzene rings is 1. The average molecular weight is 309 g/mol. The highest BCUT2D eigenvalue weighted by molar-refractivity contribution is 6.31. The second-order valence-corrected chi connectivity index (χ2v) is 6.15. The molecule has 3 rings (SSSR count). The molecule has 1 atom stereocenters. The first-order chi connectivity index (χ1) is 10.1. The van der Waals surface area contributed by atoms with Crippen molar-refractivity contribution in [2.45, 2.75) is 25.9 Å². The molecule has 0 spiro atoms. The first-order valence-electron chi connectivity index (χ1n) is 7.56. The Morgan fingerprint density at radius 1 is 1.29 bits per heavy atom. The zero-order valence-electron chi connectivity index (χ0n) is 12.3. The minimum Gasteiger partial charge on any atom is -0.368 e. The largest absolute Gasteiger partial charge is 0.368 e. The molecule has 0 radical (unpaired) electrons. The average Bonchev–Trinajstić information content (AvgIpc) is 3.04. The van der Waals surface area contributed by atoms with Crippen molar-refractivity contribution in [1.29, 1.82) is 0 Å². The molecule has 2 saturated heterocycles. The Kier molecular flexibility index (Phi) is 4.36. The van der Waals surface area contributed by atoms with Crippen LogP contribution in [0, 0.1) is 6.92 Å². The molecule has 2 heterocycles. The molecule has 1 aromatic carbocycles. The van der Waals surface area contributed by atoms with Crippen LogP contribution >= 0.6 is 11.6 Å². The maximum Gasteiger partial charge on any atom is 0.251 e. The maximum atomic E-state index is 12.3. The van der Waals surface area contributed by atoms with Gasteiger partial charge >= 0.3 is 0 Å². The molecule has 2 fully saturated rings. The lowest BCUT2D eigenvalue weighted by Gasteiger charge is -2.37. The molecule has 0 N–H and O–H groups in total. The molecule has 5 heteroatoms. The van der Waals surface area contributed by atoms with E-state index in [0.717, 1.165) is 61.9 Å². The highest BCUT2D eigenvalue weighted by Gasteiger charge is 2.30. The van der Waals surface area contributed by atoms with Crippen LogP contribution < -0.4 is 4.90 Å². The second-order valence-electron chi connectivity index (χ2n) is 5.75. The normalized spacial score (nSPS) is 22.7. The third-order valence-electron chi connectivity index (χ3n) is 4.32. The highest BCUT2D eigenvalue weighted by Crippen LogP contribution is 2.24. The fourth-order valence-electron chi connectivity index (χ4n) is 2.94. The predicted molar refractivity (Wildman–Crippen MR) is 84.0 cm³/mol. The number of anilines is 1. The van der Waals surface area contributed by atoms with Crippen molar-refractivity contribution in [3.8, 4) is 0 Å². The fraction of sp³-hybridized carbons (Fsp3) is 0.562. The summed E-state index contributed by atoms with van der Waals surface area (Å²) in [6.07, 6.45) is 1.66. The monoisotopic (exact) mass is 308 g/mol. The maximum absolute atomic E-state index is 12.3. The van der Waals surface area contributed by atoms with Crippen LogP contribution in [-0.2, 0) is 9.53 Å². The molecular formula is C16H21ClN2O2. The molecule has 1 amide bonds. The topological polar surface area (TPSA) is 32.8 Å². The Bertz CT molecular complexity index is 521. The number of hydrogen-bond acceptors (Lipinski definition) is 3. The van der Waals surface area contributed by atoms with E-state index in [1.165, 1.54) is 0 Å². The number of nitrogens with zero attached hydrogens (tertiary/aromatic N) is 2. The number of rotatable bonds is 2. The summed E-state index contributed by atoms with van der Waals surface area (Å²) in [5.41, 5.74) is 2.22. The van der Waals surface area contributed by atoms with Gasteiger partial charge in [0.1, 0.15) is 6.10 Å². The molecule has 1 unspecified atom stereocenters. The van der Waals surface area contributed by atoms with Crippen molar-refractivity contribution in [3.05, 3.63) is 28.8 Å². The fourth-order valence-corrected chi connectivity index (χ4v) is 3.11. The lowest BCUT2D eigenvalue weighted by Crippen LogP contribution is -2.51. The number of ether oxygens (including phenoxy) is 1. The first kappa shape index (κ1) is 14.7. The van der Waals surface area contributed by atoms with Crippen LogP contribution in [0.25, 0.3) is 0 Å². The van der Waals surface area contributed by atoms with E-state index in [-0.39, 0.29) is 12.0 Å². The van der Waals surface area contributed by atoms with E-state index < -0.39 is 0 Å². The summed E-state index contributed by atoms with van der Waals surface area (Å²) < 4.78 is 5.49. The zero-order chi connectivity index (χ0) is 14.8. The van der Waals surface area contributed by atoms with E-state index in [4.69, 9.17) is 16.3 Å². The van der Waals surface area contributed by atoms with Crippen LogP contribution in [0.2, 0.25) is 5.02 Å². The number of hydrogen-bond donors (Lipinski definition) is 0. The van der Waals surface area contributed by atoms with Crippen molar-refractivity contribution in [3.63, 3.8) is 0 Å². The van der Waals surface area contributed by atoms with Crippen molar-refractivity contribution in [2.24, 2.45) is 0 Å². The standard InChI is InChI=1S/C16H21ClN2O2/c1-12-4-5-13(11-14(12)17)18-6-8-19(9-7-18)16(20)15-3-2-10-21-15/h4-5,11,15H,2-3,6-10H2,1H3. The van der Waals surface area contributed by atoms with Gasteiger partial charge in [-0.15, -0.1) is 0 Å². The van der Waals surface area contributed by atoms with E-state index in [0.29, 0.717) is 0 Å². The molecule has 21 heavy (non-hydrogen) atoms. The minimum absolute atomic E-state index is 0.161. The number of halogens is 1. The number of aryl methyl sites for hydroxylation is 1. The van der Waals surface area contributed by atoms with Crippen LogP contribution in [0.15, 0.2) is 18.2 Å². The summed E-state index contributed by atoms with van der Waals surface area (Å²) in [5.74, 6) is 0.161. The predicted octanol–water partition coefficient (Wildman–Crippen LogP) is 2.48. The molecule has 2 aliphatic heterocycles. The van der Waals surface area contributed by atoms with E-state index >= 15 is 0 Å². The molecule has 114 valence electrons. The molecular weight excluding hydrogens is 288 g/mol. The van der Waals surface area contributed by atoms with Crippen molar-refractivity contribution in [2.75, 3.05) is 37.7 Å². The SMILES string of the molecule is Cc1ccc(N2CCN(C(=O)C3CCCO3)CC2)cc1Cl. The lowest BCUT2D eigenvalue weighted by molar-refractivity contribution is -0.141. The summed E-state index contributed by atoms with van der Waals surface area (Å²) in [6.45, 7) is 5.92. The summed E-state index contributed by atoms with van der Waals surface area (Å²) in [7, 11) is 0. The summed E-state index contributed by atoms with van der Waals surface area (Å²) in [6, 6.07) is 6.15. The number of amides is 1. The third kappa shape index (κ3) is 3.16. The Hall–Kier alpha value is -1.26. The molecule has 4 nitrogen and oxygen atoms in total. The molecule has 0 aromatic heterocycles. The zero-order valence-corrected chi connectivity index (χ0v) is 13.1. The molecule has 0 aliphatic carbocycles. The second kappa shape index (κ2) is 6.24. The highest BCUT2D eigenvalue weighted by atomic mass is 35.5. The van der Waals surface area contributed by atoms with Gasteiger partial charge in [0.2, 0.25) is 0 Å². The van der Waals surface area contributed by atoms with Crippen molar-refractivity contribution >= 4 is 23.2 Å². The smallest absolute Gasteiger partial charge is 0.251 e. The van der Waals surface area contributed by atoms with Gasteiger partial charge in [-0.2, -0.15) is 0 Å². The number of carbonyl (C=O) groups excluding carboxylic acids is 1. The van der Waals surface area contributed by atoms with Crippen molar-refractivity contribution < 1.29 is 9.53 Å². The Balaban J connectivity index is 1.59. The van der Waals surface area contributed by atoms with Gasteiger partial charge in [-0.25, -0.2) is 0 Å². The van der Waals surface area contributed by atoms with E-state index in [1.54, 1.807) is 0 Å². The Morgan fingerprint density at radius 3 is 2.67 bits per heavy atom. The van der Waals surface area contributed by atoms with Crippen LogP contribution in [-0.4, -0.2) is 49.7 Å². The van der Waals surface area contributed by atoms with Gasteiger partial charge in [0, 0.05) is 43.5 Å². The van der Waals surface area contributed by atoms with E-state index in [1.807, 2.05) is 24.0 Å². The van der Waals surface area contributed by atoms with E-state index in [9.17, 15) is 4.79 Å². The van der Waals surface area contributed by atoms with Gasteiger partial charge in [-0.05, 0) is 37.5 Å². The van der Waals surface area contributed by atoms with Gasteiger partial charge in [-0.3, -0.25) is 4.79 Å². The van der Waals surface area contributed by atoms with Crippen LogP contribution in [0.3, 0.4) is 0 Å². The lowest BCUT2D eigenvalue weighted by atomic mass is 10.1. The number of piperazine rings is 1. The van der Waals surface area contributed by atoms with Gasteiger partial charge < -0.3 is 14.5 Å². The number of carbonyl (C=O) groups is 1. The quantitative estimate of drug-likeness (QED) is 0.841.